The second-order valence-corrected chi connectivity index (χ2v) is 8.14. The molecule has 0 spiro atoms. The zero-order chi connectivity index (χ0) is 22.3. The number of rotatable bonds is 10. The second kappa shape index (κ2) is 10.6. The molecule has 2 aromatic rings. The van der Waals surface area contributed by atoms with E-state index in [0.29, 0.717) is 17.9 Å². The van der Waals surface area contributed by atoms with E-state index in [2.05, 4.69) is 12.1 Å². The van der Waals surface area contributed by atoms with Crippen LogP contribution in [-0.4, -0.2) is 17.7 Å². The summed E-state index contributed by atoms with van der Waals surface area (Å²) < 4.78 is 35.0. The molecule has 0 heterocycles. The van der Waals surface area contributed by atoms with Crippen LogP contribution in [0.4, 0.5) is 8.78 Å². The number of carbonyl (C=O) groups is 1. The van der Waals surface area contributed by atoms with Gasteiger partial charge >= 0.3 is 5.97 Å². The fraction of sp³-hybridized carbons (Fsp3) is 0.423. The zero-order valence-corrected chi connectivity index (χ0v) is 18.0. The van der Waals surface area contributed by atoms with Gasteiger partial charge < -0.3 is 9.84 Å². The van der Waals surface area contributed by atoms with Crippen LogP contribution in [0.5, 0.6) is 5.75 Å². The van der Waals surface area contributed by atoms with Gasteiger partial charge in [-0.05, 0) is 67.4 Å². The van der Waals surface area contributed by atoms with Crippen LogP contribution in [0.15, 0.2) is 59.7 Å². The van der Waals surface area contributed by atoms with Gasteiger partial charge in [-0.3, -0.25) is 4.79 Å². The number of carboxylic acids is 1. The number of alkyl halides is 2. The second-order valence-electron chi connectivity index (χ2n) is 8.14. The van der Waals surface area contributed by atoms with Crippen LogP contribution in [0.25, 0.3) is 0 Å². The van der Waals surface area contributed by atoms with Crippen molar-refractivity contribution in [1.29, 1.82) is 0 Å². The van der Waals surface area contributed by atoms with Crippen LogP contribution in [-0.2, 0) is 23.6 Å². The third-order valence-electron chi connectivity index (χ3n) is 5.91. The number of carboxylic acid groups (broad SMARTS) is 1. The molecule has 31 heavy (non-hydrogen) atoms. The largest absolute Gasteiger partial charge is 0.489 e. The molecular weight excluding hydrogens is 398 g/mol. The van der Waals surface area contributed by atoms with Crippen molar-refractivity contribution in [3.63, 3.8) is 0 Å². The van der Waals surface area contributed by atoms with Crippen molar-refractivity contribution in [2.24, 2.45) is 0 Å². The van der Waals surface area contributed by atoms with Gasteiger partial charge in [-0.15, -0.1) is 0 Å². The lowest BCUT2D eigenvalue weighted by atomic mass is 9.88. The third kappa shape index (κ3) is 6.39. The SMILES string of the molecule is CCC(F)(F)c1cc(OCC2=C(Cc3ccccc3)CCCC2)ccc1CCC(=O)O. The molecule has 0 saturated heterocycles. The van der Waals surface area contributed by atoms with Gasteiger partial charge in [-0.25, -0.2) is 8.78 Å². The first kappa shape index (κ1) is 23.0. The zero-order valence-electron chi connectivity index (χ0n) is 18.0. The minimum atomic E-state index is -3.02. The number of allylic oxidation sites excluding steroid dienone is 1. The summed E-state index contributed by atoms with van der Waals surface area (Å²) in [7, 11) is 0. The Labute approximate surface area is 182 Å². The normalized spacial score (nSPS) is 14.5. The minimum absolute atomic E-state index is 0.0763. The highest BCUT2D eigenvalue weighted by Crippen LogP contribution is 2.37. The predicted molar refractivity (Wildman–Crippen MR) is 118 cm³/mol. The molecule has 0 aliphatic heterocycles. The van der Waals surface area contributed by atoms with Crippen LogP contribution in [0.1, 0.15) is 62.1 Å². The summed E-state index contributed by atoms with van der Waals surface area (Å²) in [6.07, 6.45) is 4.74. The van der Waals surface area contributed by atoms with Gasteiger partial charge in [0, 0.05) is 18.4 Å². The molecule has 0 radical (unpaired) electrons. The average Bonchev–Trinajstić information content (AvgIpc) is 2.78. The summed E-state index contributed by atoms with van der Waals surface area (Å²) in [4.78, 5) is 10.9. The molecule has 3 rings (SSSR count). The number of aliphatic carboxylic acids is 1. The Balaban J connectivity index is 1.77. The van der Waals surface area contributed by atoms with E-state index in [1.165, 1.54) is 29.7 Å². The Morgan fingerprint density at radius 1 is 1.06 bits per heavy atom. The molecule has 1 aliphatic rings. The monoisotopic (exact) mass is 428 g/mol. The van der Waals surface area contributed by atoms with Gasteiger partial charge in [0.2, 0.25) is 0 Å². The molecule has 0 fully saturated rings. The fourth-order valence-electron chi connectivity index (χ4n) is 4.07. The van der Waals surface area contributed by atoms with E-state index in [1.54, 1.807) is 12.1 Å². The highest BCUT2D eigenvalue weighted by atomic mass is 19.3. The van der Waals surface area contributed by atoms with E-state index in [9.17, 15) is 13.6 Å². The van der Waals surface area contributed by atoms with Crippen molar-refractivity contribution in [1.82, 2.24) is 0 Å². The molecule has 0 bridgehead atoms. The van der Waals surface area contributed by atoms with E-state index >= 15 is 0 Å². The maximum absolute atomic E-state index is 14.5. The summed E-state index contributed by atoms with van der Waals surface area (Å²) >= 11 is 0. The molecule has 0 atom stereocenters. The lowest BCUT2D eigenvalue weighted by Crippen LogP contribution is -2.16. The van der Waals surface area contributed by atoms with E-state index in [4.69, 9.17) is 9.84 Å². The Kier molecular flexibility index (Phi) is 7.83. The highest BCUT2D eigenvalue weighted by Gasteiger charge is 2.32. The molecule has 2 aromatic carbocycles. The number of ether oxygens (including phenoxy) is 1. The Bertz CT molecular complexity index is 920. The molecular formula is C26H30F2O3. The van der Waals surface area contributed by atoms with Gasteiger partial charge in [0.05, 0.1) is 0 Å². The van der Waals surface area contributed by atoms with Gasteiger partial charge in [-0.1, -0.05) is 48.9 Å². The summed E-state index contributed by atoms with van der Waals surface area (Å²) in [5.74, 6) is -3.61. The molecule has 0 amide bonds. The smallest absolute Gasteiger partial charge is 0.303 e. The molecule has 1 N–H and O–H groups in total. The van der Waals surface area contributed by atoms with Gasteiger partial charge in [0.25, 0.3) is 5.92 Å². The minimum Gasteiger partial charge on any atom is -0.489 e. The van der Waals surface area contributed by atoms with Gasteiger partial charge in [0.15, 0.2) is 0 Å². The third-order valence-corrected chi connectivity index (χ3v) is 5.91. The van der Waals surface area contributed by atoms with Crippen molar-refractivity contribution in [3.8, 4) is 5.75 Å². The van der Waals surface area contributed by atoms with E-state index in [0.717, 1.165) is 32.1 Å². The summed E-state index contributed by atoms with van der Waals surface area (Å²) in [6.45, 7) is 1.82. The van der Waals surface area contributed by atoms with Crippen molar-refractivity contribution < 1.29 is 23.4 Å². The number of hydrogen-bond acceptors (Lipinski definition) is 2. The molecule has 166 valence electrons. The number of aryl methyl sites for hydroxylation is 1. The van der Waals surface area contributed by atoms with Crippen LogP contribution in [0.2, 0.25) is 0 Å². The molecule has 5 heteroatoms. The average molecular weight is 429 g/mol. The summed E-state index contributed by atoms with van der Waals surface area (Å²) in [5, 5.41) is 8.92. The first-order valence-corrected chi connectivity index (χ1v) is 11.0. The standard InChI is InChI=1S/C26H30F2O3/c1-2-26(27,28)24-17-23(14-12-20(24)13-15-25(29)30)31-18-22-11-7-6-10-21(22)16-19-8-4-3-5-9-19/h3-5,8-9,12,14,17H,2,6-7,10-11,13,15-16,18H2,1H3,(H,29,30). The van der Waals surface area contributed by atoms with E-state index < -0.39 is 11.9 Å². The Hall–Kier alpha value is -2.69. The van der Waals surface area contributed by atoms with Gasteiger partial charge in [0.1, 0.15) is 12.4 Å². The van der Waals surface area contributed by atoms with Crippen LogP contribution in [0.3, 0.4) is 0 Å². The van der Waals surface area contributed by atoms with Crippen molar-refractivity contribution in [2.75, 3.05) is 6.61 Å². The Morgan fingerprint density at radius 3 is 2.45 bits per heavy atom. The van der Waals surface area contributed by atoms with E-state index in [1.807, 2.05) is 18.2 Å². The lowest BCUT2D eigenvalue weighted by Gasteiger charge is -2.22. The topological polar surface area (TPSA) is 46.5 Å². The highest BCUT2D eigenvalue weighted by molar-refractivity contribution is 5.67. The maximum Gasteiger partial charge on any atom is 0.303 e. The van der Waals surface area contributed by atoms with Crippen molar-refractivity contribution in [3.05, 3.63) is 76.4 Å². The van der Waals surface area contributed by atoms with Crippen LogP contribution >= 0.6 is 0 Å². The molecule has 3 nitrogen and oxygen atoms in total. The summed E-state index contributed by atoms with van der Waals surface area (Å²) in [6, 6.07) is 15.0. The van der Waals surface area contributed by atoms with Crippen molar-refractivity contribution in [2.45, 2.75) is 64.2 Å². The summed E-state index contributed by atoms with van der Waals surface area (Å²) in [5.41, 5.74) is 4.15. The first-order chi connectivity index (χ1) is 14.9. The fourth-order valence-corrected chi connectivity index (χ4v) is 4.07. The maximum atomic E-state index is 14.5. The number of halogens is 2. The van der Waals surface area contributed by atoms with Crippen LogP contribution in [0, 0.1) is 0 Å². The first-order valence-electron chi connectivity index (χ1n) is 11.0. The molecule has 0 saturated carbocycles. The number of hydrogen-bond donors (Lipinski definition) is 1. The van der Waals surface area contributed by atoms with Crippen molar-refractivity contribution >= 4 is 5.97 Å². The quantitative estimate of drug-likeness (QED) is 0.429. The molecule has 0 unspecified atom stereocenters. The lowest BCUT2D eigenvalue weighted by molar-refractivity contribution is -0.137. The van der Waals surface area contributed by atoms with Crippen LogP contribution < -0.4 is 4.74 Å². The number of benzene rings is 2. The predicted octanol–water partition coefficient (Wildman–Crippen LogP) is 6.70. The van der Waals surface area contributed by atoms with E-state index in [-0.39, 0.29) is 24.8 Å². The molecule has 1 aliphatic carbocycles. The van der Waals surface area contributed by atoms with Gasteiger partial charge in [-0.2, -0.15) is 0 Å². The molecule has 0 aromatic heterocycles. The Morgan fingerprint density at radius 2 is 1.77 bits per heavy atom.